The predicted octanol–water partition coefficient (Wildman–Crippen LogP) is 3.19. The number of sulfonamides is 1. The minimum atomic E-state index is -3.19. The smallest absolute Gasteiger partial charge is 0.317 e. The van der Waals surface area contributed by atoms with Crippen LogP contribution in [0.15, 0.2) is 24.3 Å². The van der Waals surface area contributed by atoms with Crippen LogP contribution in [0, 0.1) is 11.3 Å². The molecule has 2 heterocycles. The van der Waals surface area contributed by atoms with E-state index in [4.69, 9.17) is 0 Å². The molecule has 0 bridgehead atoms. The van der Waals surface area contributed by atoms with Gasteiger partial charge in [0.05, 0.1) is 11.4 Å². The Hall–Kier alpha value is -1.76. The van der Waals surface area contributed by atoms with Crippen molar-refractivity contribution in [3.8, 4) is 0 Å². The maximum atomic E-state index is 12.5. The standard InChI is InChI=1S/C20H31N3O3S/c1-16(2)20(3)8-11-22(12-9-20)19(24)21-15-17-6-4-7-18(14-17)23-10-5-13-27(23,25)26/h4,6-7,14,16H,5,8-13,15H2,1-3H3,(H,21,24). The number of hydrogen-bond acceptors (Lipinski definition) is 3. The summed E-state index contributed by atoms with van der Waals surface area (Å²) in [5.41, 5.74) is 1.91. The number of hydrogen-bond donors (Lipinski definition) is 1. The van der Waals surface area contributed by atoms with Gasteiger partial charge in [-0.25, -0.2) is 13.2 Å². The van der Waals surface area contributed by atoms with Gasteiger partial charge < -0.3 is 10.2 Å². The van der Waals surface area contributed by atoms with E-state index in [9.17, 15) is 13.2 Å². The molecule has 0 saturated carbocycles. The first-order valence-electron chi connectivity index (χ1n) is 9.83. The first-order valence-corrected chi connectivity index (χ1v) is 11.4. The topological polar surface area (TPSA) is 69.7 Å². The Morgan fingerprint density at radius 1 is 1.22 bits per heavy atom. The molecule has 1 N–H and O–H groups in total. The van der Waals surface area contributed by atoms with E-state index in [-0.39, 0.29) is 11.8 Å². The summed E-state index contributed by atoms with van der Waals surface area (Å²) in [4.78, 5) is 14.4. The molecule has 0 spiro atoms. The zero-order valence-electron chi connectivity index (χ0n) is 16.6. The maximum Gasteiger partial charge on any atom is 0.317 e. The van der Waals surface area contributed by atoms with Gasteiger partial charge in [-0.3, -0.25) is 4.31 Å². The number of anilines is 1. The molecule has 2 aliphatic rings. The van der Waals surface area contributed by atoms with Crippen LogP contribution in [0.25, 0.3) is 0 Å². The Morgan fingerprint density at radius 2 is 1.93 bits per heavy atom. The second-order valence-corrected chi connectivity index (χ2v) is 10.4. The minimum Gasteiger partial charge on any atom is -0.334 e. The molecule has 150 valence electrons. The number of benzene rings is 1. The van der Waals surface area contributed by atoms with Crippen molar-refractivity contribution in [1.82, 2.24) is 10.2 Å². The van der Waals surface area contributed by atoms with Crippen molar-refractivity contribution in [2.45, 2.75) is 46.6 Å². The Morgan fingerprint density at radius 3 is 2.52 bits per heavy atom. The normalized spacial score (nSPS) is 21.5. The molecule has 3 rings (SSSR count). The number of urea groups is 1. The first-order chi connectivity index (χ1) is 12.7. The molecule has 0 aromatic heterocycles. The quantitative estimate of drug-likeness (QED) is 0.854. The van der Waals surface area contributed by atoms with Gasteiger partial charge in [-0.2, -0.15) is 0 Å². The van der Waals surface area contributed by atoms with Crippen molar-refractivity contribution in [2.24, 2.45) is 11.3 Å². The second kappa shape index (κ2) is 7.70. The van der Waals surface area contributed by atoms with Crippen LogP contribution in [0.4, 0.5) is 10.5 Å². The average Bonchev–Trinajstić information content (AvgIpc) is 2.99. The number of likely N-dealkylation sites (tertiary alicyclic amines) is 1. The zero-order chi connectivity index (χ0) is 19.7. The van der Waals surface area contributed by atoms with Crippen LogP contribution in [0.2, 0.25) is 0 Å². The highest BCUT2D eigenvalue weighted by Crippen LogP contribution is 2.37. The van der Waals surface area contributed by atoms with Gasteiger partial charge in [0, 0.05) is 26.2 Å². The van der Waals surface area contributed by atoms with Gasteiger partial charge >= 0.3 is 6.03 Å². The number of nitrogens with one attached hydrogen (secondary N) is 1. The fourth-order valence-corrected chi connectivity index (χ4v) is 5.39. The molecular formula is C20H31N3O3S. The van der Waals surface area contributed by atoms with Crippen molar-refractivity contribution in [3.63, 3.8) is 0 Å². The van der Waals surface area contributed by atoms with E-state index in [1.165, 1.54) is 4.31 Å². The zero-order valence-corrected chi connectivity index (χ0v) is 17.4. The van der Waals surface area contributed by atoms with E-state index in [0.717, 1.165) is 31.5 Å². The lowest BCUT2D eigenvalue weighted by molar-refractivity contribution is 0.0919. The van der Waals surface area contributed by atoms with E-state index >= 15 is 0 Å². The summed E-state index contributed by atoms with van der Waals surface area (Å²) in [6.07, 6.45) is 2.72. The summed E-state index contributed by atoms with van der Waals surface area (Å²) in [5, 5.41) is 2.98. The van der Waals surface area contributed by atoms with Crippen molar-refractivity contribution in [2.75, 3.05) is 29.7 Å². The molecular weight excluding hydrogens is 362 g/mol. The van der Waals surface area contributed by atoms with E-state index in [1.807, 2.05) is 29.2 Å². The van der Waals surface area contributed by atoms with Gasteiger partial charge in [0.1, 0.15) is 0 Å². The summed E-state index contributed by atoms with van der Waals surface area (Å²) in [6.45, 7) is 9.32. The van der Waals surface area contributed by atoms with Gasteiger partial charge in [-0.05, 0) is 48.3 Å². The Balaban J connectivity index is 1.56. The number of nitrogens with zero attached hydrogens (tertiary/aromatic N) is 2. The lowest BCUT2D eigenvalue weighted by Crippen LogP contribution is -2.47. The van der Waals surface area contributed by atoms with Crippen LogP contribution in [0.1, 0.15) is 45.6 Å². The largest absolute Gasteiger partial charge is 0.334 e. The third-order valence-electron chi connectivity index (χ3n) is 6.33. The molecule has 0 unspecified atom stereocenters. The van der Waals surface area contributed by atoms with Gasteiger partial charge in [0.2, 0.25) is 10.0 Å². The SMILES string of the molecule is CC(C)C1(C)CCN(C(=O)NCc2cccc(N3CCCS3(=O)=O)c2)CC1. The molecule has 1 aromatic carbocycles. The van der Waals surface area contributed by atoms with Crippen molar-refractivity contribution in [3.05, 3.63) is 29.8 Å². The molecule has 0 atom stereocenters. The summed E-state index contributed by atoms with van der Waals surface area (Å²) < 4.78 is 25.7. The lowest BCUT2D eigenvalue weighted by atomic mass is 9.72. The third kappa shape index (κ3) is 4.39. The molecule has 0 radical (unpaired) electrons. The highest BCUT2D eigenvalue weighted by Gasteiger charge is 2.34. The average molecular weight is 394 g/mol. The van der Waals surface area contributed by atoms with E-state index in [1.54, 1.807) is 0 Å². The van der Waals surface area contributed by atoms with Crippen LogP contribution >= 0.6 is 0 Å². The monoisotopic (exact) mass is 393 g/mol. The molecule has 0 aliphatic carbocycles. The van der Waals surface area contributed by atoms with Gasteiger partial charge in [0.25, 0.3) is 0 Å². The van der Waals surface area contributed by atoms with Crippen LogP contribution in [0.5, 0.6) is 0 Å². The number of rotatable bonds is 4. The lowest BCUT2D eigenvalue weighted by Gasteiger charge is -2.42. The van der Waals surface area contributed by atoms with Crippen LogP contribution < -0.4 is 9.62 Å². The number of carbonyl (C=O) groups is 1. The number of piperidine rings is 1. The Labute approximate surface area is 163 Å². The highest BCUT2D eigenvalue weighted by atomic mass is 32.2. The van der Waals surface area contributed by atoms with Gasteiger partial charge in [0.15, 0.2) is 0 Å². The van der Waals surface area contributed by atoms with Crippen LogP contribution in [-0.4, -0.2) is 44.7 Å². The minimum absolute atomic E-state index is 0.0417. The van der Waals surface area contributed by atoms with Crippen molar-refractivity contribution < 1.29 is 13.2 Å². The Kier molecular flexibility index (Phi) is 5.70. The summed E-state index contributed by atoms with van der Waals surface area (Å²) in [7, 11) is -3.19. The molecule has 2 aliphatic heterocycles. The summed E-state index contributed by atoms with van der Waals surface area (Å²) in [5.74, 6) is 0.824. The molecule has 2 amide bonds. The van der Waals surface area contributed by atoms with E-state index < -0.39 is 10.0 Å². The molecule has 6 nitrogen and oxygen atoms in total. The summed E-state index contributed by atoms with van der Waals surface area (Å²) >= 11 is 0. The molecule has 7 heteroatoms. The fourth-order valence-electron chi connectivity index (χ4n) is 3.84. The Bertz CT molecular complexity index is 783. The van der Waals surface area contributed by atoms with E-state index in [0.29, 0.717) is 36.5 Å². The van der Waals surface area contributed by atoms with Crippen LogP contribution in [0.3, 0.4) is 0 Å². The van der Waals surface area contributed by atoms with Crippen LogP contribution in [-0.2, 0) is 16.6 Å². The third-order valence-corrected chi connectivity index (χ3v) is 8.20. The molecule has 2 fully saturated rings. The molecule has 2 saturated heterocycles. The van der Waals surface area contributed by atoms with Gasteiger partial charge in [-0.1, -0.05) is 32.9 Å². The van der Waals surface area contributed by atoms with Crippen molar-refractivity contribution in [1.29, 1.82) is 0 Å². The number of amides is 2. The molecule has 1 aromatic rings. The highest BCUT2D eigenvalue weighted by molar-refractivity contribution is 7.93. The van der Waals surface area contributed by atoms with Gasteiger partial charge in [-0.15, -0.1) is 0 Å². The summed E-state index contributed by atoms with van der Waals surface area (Å²) in [6, 6.07) is 7.39. The predicted molar refractivity (Wildman–Crippen MR) is 108 cm³/mol. The second-order valence-electron chi connectivity index (χ2n) is 8.37. The maximum absolute atomic E-state index is 12.5. The fraction of sp³-hybridized carbons (Fsp3) is 0.650. The van der Waals surface area contributed by atoms with Crippen molar-refractivity contribution >= 4 is 21.7 Å². The van der Waals surface area contributed by atoms with E-state index in [2.05, 4.69) is 26.1 Å². The molecule has 27 heavy (non-hydrogen) atoms. The number of carbonyl (C=O) groups excluding carboxylic acids is 1. The first kappa shape index (κ1) is 20.0.